The number of benzene rings is 7. The number of fused-ring (bicyclic) bond motifs is 1. The predicted octanol–water partition coefficient (Wildman–Crippen LogP) is 16.7. The minimum absolute atomic E-state index is 0.691. The molecule has 0 saturated carbocycles. The van der Waals surface area contributed by atoms with Crippen molar-refractivity contribution in [3.05, 3.63) is 219 Å². The molecule has 8 aromatic rings. The summed E-state index contributed by atoms with van der Waals surface area (Å²) in [5.74, 6) is 0. The van der Waals surface area contributed by atoms with Crippen LogP contribution in [0.25, 0.3) is 22.2 Å². The molecule has 0 fully saturated rings. The van der Waals surface area contributed by atoms with Gasteiger partial charge < -0.3 is 0 Å². The van der Waals surface area contributed by atoms with Crippen LogP contribution in [-0.4, -0.2) is 6.15 Å². The van der Waals surface area contributed by atoms with E-state index in [-0.39, 0.29) is 0 Å². The second-order valence-corrected chi connectivity index (χ2v) is 18.5. The van der Waals surface area contributed by atoms with Gasteiger partial charge in [0, 0.05) is 33.7 Å². The molecule has 0 aliphatic carbocycles. The van der Waals surface area contributed by atoms with Gasteiger partial charge in [0.05, 0.1) is 44.5 Å². The molecule has 8 rings (SSSR count). The molecule has 0 saturated heterocycles. The van der Waals surface area contributed by atoms with Crippen LogP contribution in [0.15, 0.2) is 164 Å². The first kappa shape index (κ1) is 61.2. The van der Waals surface area contributed by atoms with Gasteiger partial charge in [0.15, 0.2) is 6.54 Å². The minimum Gasteiger partial charge on any atom is -0.194 e. The molecule has 27 heteroatoms. The largest absolute Gasteiger partial charge is 0.416 e. The summed E-state index contributed by atoms with van der Waals surface area (Å²) >= 11 is 6.22. The van der Waals surface area contributed by atoms with Crippen molar-refractivity contribution in [3.8, 4) is 11.3 Å². The molecule has 0 unspecified atom stereocenters. The van der Waals surface area contributed by atoms with Gasteiger partial charge in [0.2, 0.25) is 11.2 Å². The highest BCUT2D eigenvalue weighted by molar-refractivity contribution is 7.20. The summed E-state index contributed by atoms with van der Waals surface area (Å²) in [5.41, 5.74) is -25.4. The molecular formula is C54H29BClF24N. The fourth-order valence-corrected chi connectivity index (χ4v) is 9.36. The summed E-state index contributed by atoms with van der Waals surface area (Å²) in [7, 11) is 0. The molecule has 0 radical (unpaired) electrons. The highest BCUT2D eigenvalue weighted by atomic mass is 35.5. The van der Waals surface area contributed by atoms with E-state index in [1.807, 2.05) is 18.2 Å². The van der Waals surface area contributed by atoms with Crippen LogP contribution < -0.4 is 26.4 Å². The Morgan fingerprint density at radius 3 is 0.926 bits per heavy atom. The molecule has 0 bridgehead atoms. The Morgan fingerprint density at radius 1 is 0.309 bits per heavy atom. The average Bonchev–Trinajstić information content (AvgIpc) is 3.14. The van der Waals surface area contributed by atoms with Crippen molar-refractivity contribution in [3.63, 3.8) is 0 Å². The third-order valence-corrected chi connectivity index (χ3v) is 12.9. The number of pyridine rings is 1. The first-order valence-electron chi connectivity index (χ1n) is 22.6. The van der Waals surface area contributed by atoms with Crippen LogP contribution in [0, 0.1) is 0 Å². The highest BCUT2D eigenvalue weighted by Crippen LogP contribution is 2.42. The van der Waals surface area contributed by atoms with Gasteiger partial charge in [-0.3, -0.25) is 0 Å². The van der Waals surface area contributed by atoms with E-state index in [2.05, 4.69) is 77.4 Å². The number of para-hydroxylation sites is 1. The van der Waals surface area contributed by atoms with Crippen LogP contribution in [-0.2, 0) is 56.0 Å². The Morgan fingerprint density at radius 2 is 0.617 bits per heavy atom. The quantitative estimate of drug-likeness (QED) is 0.0851. The summed E-state index contributed by atoms with van der Waals surface area (Å²) in [6, 6.07) is 22.6. The Bertz CT molecular complexity index is 3150. The number of halogens is 25. The predicted molar refractivity (Wildman–Crippen MR) is 250 cm³/mol. The Balaban J connectivity index is 0.000000323. The number of alkyl halides is 24. The van der Waals surface area contributed by atoms with Gasteiger partial charge in [0.25, 0.3) is 0 Å². The van der Waals surface area contributed by atoms with Crippen molar-refractivity contribution in [1.29, 1.82) is 0 Å². The summed E-state index contributed by atoms with van der Waals surface area (Å²) in [6.45, 7) is 0.823. The van der Waals surface area contributed by atoms with Gasteiger partial charge in [-0.25, -0.2) is 0 Å². The number of nitrogens with zero attached hydrogens (tertiary/aromatic N) is 1. The maximum absolute atomic E-state index is 14.2. The second kappa shape index (κ2) is 21.5. The van der Waals surface area contributed by atoms with Crippen molar-refractivity contribution < 1.29 is 110 Å². The Labute approximate surface area is 445 Å². The van der Waals surface area contributed by atoms with Crippen LogP contribution in [0.3, 0.4) is 0 Å². The third kappa shape index (κ3) is 13.7. The molecule has 0 aliphatic heterocycles. The normalized spacial score (nSPS) is 13.3. The van der Waals surface area contributed by atoms with Crippen molar-refractivity contribution in [2.75, 3.05) is 0 Å². The van der Waals surface area contributed by atoms with E-state index in [1.165, 1.54) is 22.2 Å². The number of rotatable bonds is 7. The number of hydrogen-bond donors (Lipinski definition) is 0. The zero-order valence-electron chi connectivity index (χ0n) is 39.8. The molecule has 0 atom stereocenters. The topological polar surface area (TPSA) is 3.88 Å². The lowest BCUT2D eigenvalue weighted by atomic mass is 9.12. The Kier molecular flexibility index (Phi) is 16.3. The molecular weight excluding hydrogens is 1160 g/mol. The minimum atomic E-state index is -6.13. The first-order valence-corrected chi connectivity index (χ1v) is 23.0. The van der Waals surface area contributed by atoms with E-state index in [1.54, 1.807) is 0 Å². The molecule has 1 nitrogen and oxygen atoms in total. The standard InChI is InChI=1S/C32H12BF24.C22H17ClN/c34-25(35,36)13-1-14(26(37,38)39)6-21(5-13)33(22-7-15(27(40,41)42)2-16(8-22)28(43,44)45,23-9-17(29(46,47)48)3-18(10-23)30(49,50)51)24-11-19(31(52,53)54)4-20(12-24)32(55,56)57;23-20-11-6-10-19(15-20)22-14-13-18-9-4-5-12-21(18)24(22)16-17-7-2-1-3-8-17/h1-12H;1-15H,16H2/q-1;+1. The number of hydrogen-bond acceptors (Lipinski definition) is 0. The smallest absolute Gasteiger partial charge is 0.194 e. The molecule has 7 aromatic carbocycles. The molecule has 1 heterocycles. The van der Waals surface area contributed by atoms with Crippen molar-refractivity contribution >= 4 is 50.5 Å². The lowest BCUT2D eigenvalue weighted by Crippen LogP contribution is -2.75. The number of aromatic nitrogens is 1. The van der Waals surface area contributed by atoms with E-state index in [9.17, 15) is 105 Å². The zero-order valence-corrected chi connectivity index (χ0v) is 40.5. The first-order chi connectivity index (χ1) is 37.1. The van der Waals surface area contributed by atoms with E-state index >= 15 is 0 Å². The van der Waals surface area contributed by atoms with Gasteiger partial charge in [0.1, 0.15) is 6.15 Å². The maximum atomic E-state index is 14.2. The van der Waals surface area contributed by atoms with Crippen molar-refractivity contribution in [2.45, 2.75) is 56.0 Å². The third-order valence-electron chi connectivity index (χ3n) is 12.7. The molecule has 1 aromatic heterocycles. The SMILES string of the molecule is Clc1cccc(-c2ccc3ccccc3[n+]2Cc2ccccc2)c1.FC(F)(F)c1cc([B-](c2cc(C(F)(F)F)cc(C(F)(F)F)c2)(c2cc(C(F)(F)F)cc(C(F)(F)F)c2)c2cc(C(F)(F)F)cc(C(F)(F)F)c2)cc(C(F)(F)F)c1. The van der Waals surface area contributed by atoms with Gasteiger partial charge in [-0.2, -0.15) is 132 Å². The van der Waals surface area contributed by atoms with Gasteiger partial charge in [-0.1, -0.05) is 109 Å². The van der Waals surface area contributed by atoms with E-state index in [0.29, 0.717) is 0 Å². The second-order valence-electron chi connectivity index (χ2n) is 18.1. The summed E-state index contributed by atoms with van der Waals surface area (Å²) < 4.78 is 343. The van der Waals surface area contributed by atoms with Crippen LogP contribution in [0.4, 0.5) is 105 Å². The molecule has 0 aliphatic rings. The van der Waals surface area contributed by atoms with E-state index < -0.39 is 195 Å². The zero-order chi connectivity index (χ0) is 60.3. The van der Waals surface area contributed by atoms with E-state index in [0.717, 1.165) is 17.1 Å². The van der Waals surface area contributed by atoms with Crippen LogP contribution >= 0.6 is 11.6 Å². The fourth-order valence-electron chi connectivity index (χ4n) is 9.17. The molecule has 0 N–H and O–H groups in total. The monoisotopic (exact) mass is 1190 g/mol. The van der Waals surface area contributed by atoms with Gasteiger partial charge in [-0.05, 0) is 54.6 Å². The summed E-state index contributed by atoms with van der Waals surface area (Å²) in [4.78, 5) is 0. The molecule has 428 valence electrons. The van der Waals surface area contributed by atoms with Crippen molar-refractivity contribution in [2.24, 2.45) is 0 Å². The van der Waals surface area contributed by atoms with Crippen LogP contribution in [0.5, 0.6) is 0 Å². The molecule has 0 amide bonds. The maximum Gasteiger partial charge on any atom is 0.416 e. The summed E-state index contributed by atoms with van der Waals surface area (Å²) in [6.07, 6.45) is -54.8. The lowest BCUT2D eigenvalue weighted by Gasteiger charge is -2.46. The Hall–Kier alpha value is -7.38. The highest BCUT2D eigenvalue weighted by Gasteiger charge is 2.47. The van der Waals surface area contributed by atoms with Gasteiger partial charge in [-0.15, -0.1) is 0 Å². The fraction of sp³-hybridized carbons (Fsp3) is 0.167. The van der Waals surface area contributed by atoms with E-state index in [4.69, 9.17) is 11.6 Å². The van der Waals surface area contributed by atoms with Crippen molar-refractivity contribution in [1.82, 2.24) is 0 Å². The van der Waals surface area contributed by atoms with Gasteiger partial charge >= 0.3 is 49.4 Å². The van der Waals surface area contributed by atoms with Crippen LogP contribution in [0.1, 0.15) is 50.1 Å². The van der Waals surface area contributed by atoms with Crippen LogP contribution in [0.2, 0.25) is 5.02 Å². The molecule has 81 heavy (non-hydrogen) atoms. The summed E-state index contributed by atoms with van der Waals surface area (Å²) in [5, 5.41) is 1.99. The lowest BCUT2D eigenvalue weighted by molar-refractivity contribution is -0.651. The average molecular weight is 1190 g/mol. The molecule has 0 spiro atoms.